The molecule has 1 aromatic heterocycles. The molecule has 8 heteroatoms. The number of benzene rings is 2. The normalized spacial score (nSPS) is 19.3. The van der Waals surface area contributed by atoms with Crippen LogP contribution in [0, 0.1) is 5.82 Å². The van der Waals surface area contributed by atoms with Crippen LogP contribution in [0.15, 0.2) is 42.5 Å². The highest BCUT2D eigenvalue weighted by molar-refractivity contribution is 6.36. The predicted octanol–water partition coefficient (Wildman–Crippen LogP) is 4.45. The maximum atomic E-state index is 13.2. The summed E-state index contributed by atoms with van der Waals surface area (Å²) >= 11 is 12.8. The lowest BCUT2D eigenvalue weighted by Gasteiger charge is -2.32. The summed E-state index contributed by atoms with van der Waals surface area (Å²) in [5, 5.41) is 8.68. The minimum atomic E-state index is -0.280. The van der Waals surface area contributed by atoms with Crippen LogP contribution in [0.5, 0.6) is 0 Å². The molecule has 2 aromatic carbocycles. The van der Waals surface area contributed by atoms with Gasteiger partial charge < -0.3 is 11.1 Å². The Balaban J connectivity index is 1.81. The Morgan fingerprint density at radius 2 is 1.80 bits per heavy atom. The molecule has 2 atom stereocenters. The Labute approximate surface area is 153 Å². The summed E-state index contributed by atoms with van der Waals surface area (Å²) in [6.07, 6.45) is 0.616. The van der Waals surface area contributed by atoms with Crippen molar-refractivity contribution in [2.45, 2.75) is 18.5 Å². The third-order valence-electron chi connectivity index (χ3n) is 4.31. The SMILES string of the molecule is Nc1nc2n(n1)[C@H](c1c(Cl)cccc1Cl)C[C@@H](c1ccc(F)cc1)N2. The van der Waals surface area contributed by atoms with Gasteiger partial charge in [0.05, 0.1) is 12.1 Å². The van der Waals surface area contributed by atoms with Crippen LogP contribution >= 0.6 is 23.2 Å². The van der Waals surface area contributed by atoms with Crippen molar-refractivity contribution in [3.63, 3.8) is 0 Å². The van der Waals surface area contributed by atoms with E-state index in [1.807, 2.05) is 0 Å². The minimum Gasteiger partial charge on any atom is -0.366 e. The third kappa shape index (κ3) is 2.92. The van der Waals surface area contributed by atoms with E-state index in [1.165, 1.54) is 12.1 Å². The number of aromatic nitrogens is 3. The van der Waals surface area contributed by atoms with Gasteiger partial charge in [0.2, 0.25) is 11.9 Å². The fraction of sp³-hybridized carbons (Fsp3) is 0.176. The average Bonchev–Trinajstić information content (AvgIpc) is 2.95. The van der Waals surface area contributed by atoms with E-state index in [0.29, 0.717) is 22.4 Å². The van der Waals surface area contributed by atoms with Crippen molar-refractivity contribution in [1.29, 1.82) is 0 Å². The zero-order valence-corrected chi connectivity index (χ0v) is 14.5. The van der Waals surface area contributed by atoms with Crippen LogP contribution in [0.4, 0.5) is 16.3 Å². The standard InChI is InChI=1S/C17H14Cl2FN5/c18-11-2-1-3-12(19)15(11)14-8-13(9-4-6-10(20)7-5-9)22-17-23-16(21)24-25(14)17/h1-7,13-14H,8H2,(H3,21,22,23,24)/t13-,14-/m0/s1. The number of nitrogens with one attached hydrogen (secondary N) is 1. The summed E-state index contributed by atoms with van der Waals surface area (Å²) in [4.78, 5) is 4.24. The Bertz CT molecular complexity index is 905. The Hall–Kier alpha value is -2.31. The van der Waals surface area contributed by atoms with Gasteiger partial charge in [-0.15, -0.1) is 5.10 Å². The average molecular weight is 378 g/mol. The Morgan fingerprint density at radius 3 is 2.48 bits per heavy atom. The lowest BCUT2D eigenvalue weighted by molar-refractivity contribution is 0.431. The van der Waals surface area contributed by atoms with Gasteiger partial charge in [-0.1, -0.05) is 41.4 Å². The smallest absolute Gasteiger partial charge is 0.241 e. The molecule has 2 heterocycles. The molecule has 0 radical (unpaired) electrons. The summed E-state index contributed by atoms with van der Waals surface area (Å²) in [5.74, 6) is 0.409. The number of hydrogen-bond donors (Lipinski definition) is 2. The van der Waals surface area contributed by atoms with Crippen molar-refractivity contribution in [2.75, 3.05) is 11.1 Å². The molecule has 3 N–H and O–H groups in total. The molecular weight excluding hydrogens is 364 g/mol. The van der Waals surface area contributed by atoms with E-state index in [4.69, 9.17) is 28.9 Å². The summed E-state index contributed by atoms with van der Waals surface area (Å²) in [7, 11) is 0. The van der Waals surface area contributed by atoms with Crippen molar-refractivity contribution in [1.82, 2.24) is 14.8 Å². The van der Waals surface area contributed by atoms with Crippen LogP contribution in [0.25, 0.3) is 0 Å². The molecule has 0 saturated carbocycles. The van der Waals surface area contributed by atoms with E-state index in [-0.39, 0.29) is 23.8 Å². The van der Waals surface area contributed by atoms with E-state index in [2.05, 4.69) is 15.4 Å². The largest absolute Gasteiger partial charge is 0.366 e. The molecule has 0 fully saturated rings. The first-order valence-electron chi connectivity index (χ1n) is 7.71. The molecule has 25 heavy (non-hydrogen) atoms. The molecule has 0 amide bonds. The summed E-state index contributed by atoms with van der Waals surface area (Å²) in [5.41, 5.74) is 7.48. The molecule has 0 saturated heterocycles. The van der Waals surface area contributed by atoms with Crippen molar-refractivity contribution < 1.29 is 4.39 Å². The molecule has 3 aromatic rings. The van der Waals surface area contributed by atoms with Crippen molar-refractivity contribution >= 4 is 35.1 Å². The number of nitrogens with zero attached hydrogens (tertiary/aromatic N) is 3. The fourth-order valence-corrected chi connectivity index (χ4v) is 3.83. The van der Waals surface area contributed by atoms with Gasteiger partial charge in [0.25, 0.3) is 0 Å². The van der Waals surface area contributed by atoms with E-state index >= 15 is 0 Å². The van der Waals surface area contributed by atoms with Gasteiger partial charge >= 0.3 is 0 Å². The van der Waals surface area contributed by atoms with Crippen molar-refractivity contribution in [3.8, 4) is 0 Å². The molecule has 1 aliphatic rings. The van der Waals surface area contributed by atoms with Gasteiger partial charge in [-0.3, -0.25) is 0 Å². The Kier molecular flexibility index (Phi) is 4.01. The maximum Gasteiger partial charge on any atom is 0.241 e. The first kappa shape index (κ1) is 16.2. The molecule has 4 rings (SSSR count). The zero-order chi connectivity index (χ0) is 17.6. The second-order valence-electron chi connectivity index (χ2n) is 5.87. The van der Waals surface area contributed by atoms with Crippen LogP contribution in [-0.2, 0) is 0 Å². The highest BCUT2D eigenvalue weighted by Gasteiger charge is 2.33. The van der Waals surface area contributed by atoms with E-state index in [0.717, 1.165) is 11.1 Å². The van der Waals surface area contributed by atoms with E-state index in [1.54, 1.807) is 35.0 Å². The van der Waals surface area contributed by atoms with E-state index < -0.39 is 0 Å². The van der Waals surface area contributed by atoms with Gasteiger partial charge in [-0.2, -0.15) is 4.98 Å². The van der Waals surface area contributed by atoms with Gasteiger partial charge in [-0.05, 0) is 36.2 Å². The number of halogens is 3. The van der Waals surface area contributed by atoms with Crippen molar-refractivity contribution in [2.24, 2.45) is 0 Å². The van der Waals surface area contributed by atoms with Gasteiger partial charge in [0.1, 0.15) is 5.82 Å². The molecule has 0 aliphatic carbocycles. The quantitative estimate of drug-likeness (QED) is 0.691. The predicted molar refractivity (Wildman–Crippen MR) is 96.4 cm³/mol. The number of fused-ring (bicyclic) bond motifs is 1. The molecule has 0 spiro atoms. The monoisotopic (exact) mass is 377 g/mol. The first-order valence-corrected chi connectivity index (χ1v) is 8.46. The molecular formula is C17H14Cl2FN5. The fourth-order valence-electron chi connectivity index (χ4n) is 3.18. The van der Waals surface area contributed by atoms with Crippen LogP contribution in [0.1, 0.15) is 29.6 Å². The van der Waals surface area contributed by atoms with Crippen LogP contribution in [0.3, 0.4) is 0 Å². The van der Waals surface area contributed by atoms with E-state index in [9.17, 15) is 4.39 Å². The topological polar surface area (TPSA) is 68.8 Å². The maximum absolute atomic E-state index is 13.2. The number of nitrogen functional groups attached to an aromatic ring is 1. The number of anilines is 2. The van der Waals surface area contributed by atoms with Crippen LogP contribution < -0.4 is 11.1 Å². The first-order chi connectivity index (χ1) is 12.0. The Morgan fingerprint density at radius 1 is 1.12 bits per heavy atom. The highest BCUT2D eigenvalue weighted by Crippen LogP contribution is 2.42. The van der Waals surface area contributed by atoms with Crippen LogP contribution in [-0.4, -0.2) is 14.8 Å². The third-order valence-corrected chi connectivity index (χ3v) is 4.97. The van der Waals surface area contributed by atoms with Crippen LogP contribution in [0.2, 0.25) is 10.0 Å². The summed E-state index contributed by atoms with van der Waals surface area (Å²) < 4.78 is 14.9. The molecule has 1 aliphatic heterocycles. The van der Waals surface area contributed by atoms with Gasteiger partial charge in [0, 0.05) is 15.6 Å². The summed E-state index contributed by atoms with van der Waals surface area (Å²) in [6.45, 7) is 0. The lowest BCUT2D eigenvalue weighted by Crippen LogP contribution is -2.28. The summed E-state index contributed by atoms with van der Waals surface area (Å²) in [6, 6.07) is 11.4. The zero-order valence-electron chi connectivity index (χ0n) is 13.0. The highest BCUT2D eigenvalue weighted by atomic mass is 35.5. The minimum absolute atomic E-state index is 0.103. The number of rotatable bonds is 2. The number of nitrogens with two attached hydrogens (primary N) is 1. The van der Waals surface area contributed by atoms with Gasteiger partial charge in [-0.25, -0.2) is 9.07 Å². The number of hydrogen-bond acceptors (Lipinski definition) is 4. The lowest BCUT2D eigenvalue weighted by atomic mass is 9.93. The molecule has 0 unspecified atom stereocenters. The second-order valence-corrected chi connectivity index (χ2v) is 6.69. The molecule has 128 valence electrons. The molecule has 0 bridgehead atoms. The molecule has 5 nitrogen and oxygen atoms in total. The van der Waals surface area contributed by atoms with Gasteiger partial charge in [0.15, 0.2) is 0 Å². The van der Waals surface area contributed by atoms with Crippen molar-refractivity contribution in [3.05, 3.63) is 69.5 Å². The second kappa shape index (κ2) is 6.20.